The Morgan fingerprint density at radius 2 is 1.61 bits per heavy atom. The Bertz CT molecular complexity index is 236. The highest BCUT2D eigenvalue weighted by Crippen LogP contribution is 2.01. The van der Waals surface area contributed by atoms with Gasteiger partial charge in [0.2, 0.25) is 12.2 Å². The molecule has 18 heavy (non-hydrogen) atoms. The first-order chi connectivity index (χ1) is 8.65. The fourth-order valence-electron chi connectivity index (χ4n) is 1.57. The van der Waals surface area contributed by atoms with Crippen LogP contribution in [0.3, 0.4) is 0 Å². The van der Waals surface area contributed by atoms with Crippen molar-refractivity contribution in [2.24, 2.45) is 17.2 Å². The number of rotatable bonds is 11. The van der Waals surface area contributed by atoms with E-state index in [1.165, 1.54) is 0 Å². The third kappa shape index (κ3) is 8.16. The minimum atomic E-state index is -0.582. The van der Waals surface area contributed by atoms with Crippen LogP contribution in [0.25, 0.3) is 0 Å². The Balaban J connectivity index is 3.89. The summed E-state index contributed by atoms with van der Waals surface area (Å²) in [6.07, 6.45) is 6.24. The Morgan fingerprint density at radius 1 is 1.06 bits per heavy atom. The molecule has 105 valence electrons. The molecule has 2 atom stereocenters. The molecule has 0 saturated heterocycles. The van der Waals surface area contributed by atoms with E-state index in [4.69, 9.17) is 17.2 Å². The van der Waals surface area contributed by atoms with Crippen LogP contribution in [0, 0.1) is 0 Å². The Labute approximate surface area is 109 Å². The summed E-state index contributed by atoms with van der Waals surface area (Å²) in [6, 6.07) is -1.16. The largest absolute Gasteiger partial charge is 0.344 e. The van der Waals surface area contributed by atoms with E-state index in [0.717, 1.165) is 25.7 Å². The van der Waals surface area contributed by atoms with E-state index < -0.39 is 12.1 Å². The highest BCUT2D eigenvalue weighted by atomic mass is 16.2. The molecule has 0 aliphatic rings. The first-order valence-electron chi connectivity index (χ1n) is 6.49. The van der Waals surface area contributed by atoms with Crippen molar-refractivity contribution in [3.05, 3.63) is 0 Å². The van der Waals surface area contributed by atoms with Crippen LogP contribution in [0.2, 0.25) is 0 Å². The van der Waals surface area contributed by atoms with E-state index in [1.807, 2.05) is 6.29 Å². The van der Waals surface area contributed by atoms with Crippen molar-refractivity contribution >= 4 is 12.2 Å². The van der Waals surface area contributed by atoms with Crippen LogP contribution in [-0.4, -0.2) is 37.4 Å². The van der Waals surface area contributed by atoms with Crippen LogP contribution in [0.4, 0.5) is 0 Å². The van der Waals surface area contributed by atoms with Gasteiger partial charge in [-0.1, -0.05) is 6.42 Å². The fourth-order valence-corrected chi connectivity index (χ4v) is 1.57. The minimum Gasteiger partial charge on any atom is -0.344 e. The van der Waals surface area contributed by atoms with Gasteiger partial charge in [-0.25, -0.2) is 0 Å². The van der Waals surface area contributed by atoms with Crippen LogP contribution >= 0.6 is 0 Å². The zero-order valence-corrected chi connectivity index (χ0v) is 10.9. The summed E-state index contributed by atoms with van der Waals surface area (Å²) < 4.78 is 0. The number of amides is 1. The van der Waals surface area contributed by atoms with Crippen LogP contribution < -0.4 is 22.5 Å². The lowest BCUT2D eigenvalue weighted by Gasteiger charge is -2.16. The van der Waals surface area contributed by atoms with Crippen molar-refractivity contribution in [2.75, 3.05) is 13.1 Å². The van der Waals surface area contributed by atoms with Crippen molar-refractivity contribution in [1.29, 1.82) is 0 Å². The van der Waals surface area contributed by atoms with E-state index in [9.17, 15) is 9.59 Å². The highest BCUT2D eigenvalue weighted by molar-refractivity contribution is 5.84. The third-order valence-electron chi connectivity index (χ3n) is 2.71. The number of unbranched alkanes of at least 4 members (excludes halogenated alkanes) is 2. The molecule has 0 rings (SSSR count). The molecule has 0 heterocycles. The summed E-state index contributed by atoms with van der Waals surface area (Å²) in [6.45, 7) is 1.18. The van der Waals surface area contributed by atoms with Gasteiger partial charge < -0.3 is 22.5 Å². The average molecular weight is 257 g/mol. The van der Waals surface area contributed by atoms with Gasteiger partial charge in [0.25, 0.3) is 0 Å². The van der Waals surface area contributed by atoms with Gasteiger partial charge in [0, 0.05) is 0 Å². The second kappa shape index (κ2) is 11.1. The van der Waals surface area contributed by atoms with Gasteiger partial charge >= 0.3 is 0 Å². The maximum atomic E-state index is 11.7. The molecule has 0 bridgehead atoms. The maximum absolute atomic E-state index is 11.7. The summed E-state index contributed by atoms with van der Waals surface area (Å²) in [5, 5.41) is 2.59. The summed E-state index contributed by atoms with van der Waals surface area (Å²) in [5.74, 6) is -0.298. The van der Waals surface area contributed by atoms with Crippen molar-refractivity contribution in [1.82, 2.24) is 5.32 Å². The topological polar surface area (TPSA) is 124 Å². The predicted octanol–water partition coefficient (Wildman–Crippen LogP) is -0.834. The molecule has 0 aromatic carbocycles. The smallest absolute Gasteiger partial charge is 0.237 e. The lowest BCUT2D eigenvalue weighted by molar-refractivity contribution is -0.122. The number of carbonyl (C=O) groups is 1. The molecular formula is C12H25N4O2. The first kappa shape index (κ1) is 17.0. The second-order valence-corrected chi connectivity index (χ2v) is 4.35. The zero-order chi connectivity index (χ0) is 13.8. The van der Waals surface area contributed by atoms with Crippen LogP contribution in [-0.2, 0) is 9.59 Å². The van der Waals surface area contributed by atoms with E-state index in [-0.39, 0.29) is 5.91 Å². The van der Waals surface area contributed by atoms with Crippen molar-refractivity contribution < 1.29 is 9.59 Å². The number of hydrogen-bond donors (Lipinski definition) is 4. The predicted molar refractivity (Wildman–Crippen MR) is 71.4 cm³/mol. The standard InChI is InChI=1S/C12H25N4O2/c13-7-3-1-5-10(9-17)16-12(18)11(15)6-2-4-8-14/h10-11H,1-8,13-15H2,(H,16,18). The monoisotopic (exact) mass is 257 g/mol. The zero-order valence-electron chi connectivity index (χ0n) is 10.9. The lowest BCUT2D eigenvalue weighted by Crippen LogP contribution is -2.46. The van der Waals surface area contributed by atoms with E-state index in [1.54, 1.807) is 0 Å². The first-order valence-corrected chi connectivity index (χ1v) is 6.49. The molecule has 1 amide bonds. The van der Waals surface area contributed by atoms with Crippen LogP contribution in [0.1, 0.15) is 38.5 Å². The van der Waals surface area contributed by atoms with E-state index in [2.05, 4.69) is 5.32 Å². The normalized spacial score (nSPS) is 13.9. The third-order valence-corrected chi connectivity index (χ3v) is 2.71. The number of hydrogen-bond acceptors (Lipinski definition) is 5. The molecule has 0 spiro atoms. The van der Waals surface area contributed by atoms with E-state index >= 15 is 0 Å². The molecule has 0 saturated carbocycles. The summed E-state index contributed by atoms with van der Waals surface area (Å²) in [7, 11) is 0. The van der Waals surface area contributed by atoms with Crippen LogP contribution in [0.5, 0.6) is 0 Å². The maximum Gasteiger partial charge on any atom is 0.237 e. The highest BCUT2D eigenvalue weighted by Gasteiger charge is 2.17. The average Bonchev–Trinajstić information content (AvgIpc) is 2.37. The Kier molecular flexibility index (Phi) is 10.5. The van der Waals surface area contributed by atoms with Gasteiger partial charge in [-0.15, -0.1) is 0 Å². The lowest BCUT2D eigenvalue weighted by atomic mass is 10.1. The van der Waals surface area contributed by atoms with Crippen molar-refractivity contribution in [3.63, 3.8) is 0 Å². The molecule has 1 radical (unpaired) electrons. The molecule has 0 fully saturated rings. The quantitative estimate of drug-likeness (QED) is 0.359. The molecule has 6 heteroatoms. The summed E-state index contributed by atoms with van der Waals surface area (Å²) in [4.78, 5) is 22.4. The minimum absolute atomic E-state index is 0.298. The second-order valence-electron chi connectivity index (χ2n) is 4.35. The molecule has 0 aromatic rings. The molecule has 7 N–H and O–H groups in total. The van der Waals surface area contributed by atoms with Crippen molar-refractivity contribution in [3.8, 4) is 0 Å². The number of nitrogens with two attached hydrogens (primary N) is 3. The molecule has 0 aliphatic carbocycles. The Morgan fingerprint density at radius 3 is 2.11 bits per heavy atom. The van der Waals surface area contributed by atoms with Crippen LogP contribution in [0.15, 0.2) is 0 Å². The molecule has 6 nitrogen and oxygen atoms in total. The van der Waals surface area contributed by atoms with E-state index in [0.29, 0.717) is 25.9 Å². The number of nitrogens with one attached hydrogen (secondary N) is 1. The molecular weight excluding hydrogens is 232 g/mol. The molecule has 0 aromatic heterocycles. The van der Waals surface area contributed by atoms with Crippen molar-refractivity contribution in [2.45, 2.75) is 50.6 Å². The SMILES string of the molecule is NCCCCC([C]=O)NC(=O)C(N)CCCCN. The number of carbonyl (C=O) groups excluding carboxylic acids is 2. The summed E-state index contributed by atoms with van der Waals surface area (Å²) >= 11 is 0. The molecule has 0 aliphatic heterocycles. The van der Waals surface area contributed by atoms with Gasteiger partial charge in [0.05, 0.1) is 12.1 Å². The fraction of sp³-hybridized carbons (Fsp3) is 0.833. The van der Waals surface area contributed by atoms with Gasteiger partial charge in [-0.3, -0.25) is 9.59 Å². The molecule has 2 unspecified atom stereocenters. The Hall–Kier alpha value is -0.980. The van der Waals surface area contributed by atoms with Gasteiger partial charge in [-0.05, 0) is 45.2 Å². The van der Waals surface area contributed by atoms with Gasteiger partial charge in [0.15, 0.2) is 0 Å². The van der Waals surface area contributed by atoms with Gasteiger partial charge in [0.1, 0.15) is 0 Å². The summed E-state index contributed by atoms with van der Waals surface area (Å²) in [5.41, 5.74) is 16.4. The van der Waals surface area contributed by atoms with Gasteiger partial charge in [-0.2, -0.15) is 0 Å².